The number of carbonyl (C=O) groups excluding carboxylic acids is 1. The molecule has 2 fully saturated rings. The second-order valence-corrected chi connectivity index (χ2v) is 6.24. The largest absolute Gasteiger partial charge is 0.445 e. The number of hydrogen-bond acceptors (Lipinski definition) is 3. The van der Waals surface area contributed by atoms with Crippen LogP contribution in [0.4, 0.5) is 10.6 Å². The summed E-state index contributed by atoms with van der Waals surface area (Å²) >= 11 is 0. The van der Waals surface area contributed by atoms with Crippen LogP contribution in [0.15, 0.2) is 48.7 Å². The van der Waals surface area contributed by atoms with Gasteiger partial charge in [-0.15, -0.1) is 0 Å². The van der Waals surface area contributed by atoms with Crippen molar-refractivity contribution in [1.29, 1.82) is 0 Å². The SMILES string of the molecule is O=C1O[C@H]2CCCC2CN1c1ccc(C#Cc2ccccc2)cn1. The normalized spacial score (nSPS) is 22.3. The molecule has 1 saturated heterocycles. The van der Waals surface area contributed by atoms with E-state index in [9.17, 15) is 4.79 Å². The first-order valence-electron chi connectivity index (χ1n) is 8.31. The number of rotatable bonds is 1. The summed E-state index contributed by atoms with van der Waals surface area (Å²) in [5, 5.41) is 0. The van der Waals surface area contributed by atoms with Gasteiger partial charge in [0.15, 0.2) is 0 Å². The highest BCUT2D eigenvalue weighted by molar-refractivity contribution is 5.87. The zero-order chi connectivity index (χ0) is 16.4. The molecule has 1 aromatic carbocycles. The first kappa shape index (κ1) is 14.8. The minimum Gasteiger partial charge on any atom is -0.445 e. The van der Waals surface area contributed by atoms with Crippen LogP contribution in [-0.4, -0.2) is 23.7 Å². The van der Waals surface area contributed by atoms with Crippen LogP contribution in [0.25, 0.3) is 0 Å². The van der Waals surface area contributed by atoms with Gasteiger partial charge in [-0.05, 0) is 43.5 Å². The van der Waals surface area contributed by atoms with Gasteiger partial charge in [-0.3, -0.25) is 4.90 Å². The molecule has 0 N–H and O–H groups in total. The highest BCUT2D eigenvalue weighted by atomic mass is 16.6. The Hall–Kier alpha value is -2.80. The minimum absolute atomic E-state index is 0.102. The molecule has 120 valence electrons. The highest BCUT2D eigenvalue weighted by Gasteiger charge is 2.39. The molecule has 0 spiro atoms. The molecule has 0 bridgehead atoms. The Morgan fingerprint density at radius 3 is 2.67 bits per heavy atom. The molecule has 1 saturated carbocycles. The fourth-order valence-electron chi connectivity index (χ4n) is 3.34. The number of fused-ring (bicyclic) bond motifs is 1. The van der Waals surface area contributed by atoms with E-state index in [0.29, 0.717) is 18.3 Å². The van der Waals surface area contributed by atoms with Gasteiger partial charge < -0.3 is 4.74 Å². The average molecular weight is 318 g/mol. The van der Waals surface area contributed by atoms with Crippen molar-refractivity contribution in [3.05, 3.63) is 59.8 Å². The Morgan fingerprint density at radius 2 is 1.88 bits per heavy atom. The van der Waals surface area contributed by atoms with E-state index in [1.807, 2.05) is 42.5 Å². The number of hydrogen-bond donors (Lipinski definition) is 0. The standard InChI is InChI=1S/C20H18N2O2/c23-20-22(14-17-7-4-8-18(17)24-20)19-12-11-16(13-21-19)10-9-15-5-2-1-3-6-15/h1-3,5-6,11-13,17-18H,4,7-8,14H2/t17?,18-/m0/s1. The third-order valence-electron chi connectivity index (χ3n) is 4.63. The average Bonchev–Trinajstić information content (AvgIpc) is 3.08. The van der Waals surface area contributed by atoms with Crippen LogP contribution in [-0.2, 0) is 4.74 Å². The summed E-state index contributed by atoms with van der Waals surface area (Å²) in [6, 6.07) is 13.6. The maximum Gasteiger partial charge on any atom is 0.415 e. The van der Waals surface area contributed by atoms with Gasteiger partial charge in [0.1, 0.15) is 11.9 Å². The molecule has 2 aromatic rings. The van der Waals surface area contributed by atoms with Crippen LogP contribution in [0.3, 0.4) is 0 Å². The number of aromatic nitrogens is 1. The zero-order valence-electron chi connectivity index (χ0n) is 13.3. The lowest BCUT2D eigenvalue weighted by molar-refractivity contribution is 0.0633. The van der Waals surface area contributed by atoms with Gasteiger partial charge in [-0.25, -0.2) is 9.78 Å². The molecule has 2 atom stereocenters. The number of benzene rings is 1. The molecule has 4 rings (SSSR count). The van der Waals surface area contributed by atoms with Crippen molar-refractivity contribution in [2.75, 3.05) is 11.4 Å². The fourth-order valence-corrected chi connectivity index (χ4v) is 3.34. The van der Waals surface area contributed by atoms with E-state index in [1.54, 1.807) is 11.1 Å². The molecule has 24 heavy (non-hydrogen) atoms. The quantitative estimate of drug-likeness (QED) is 0.754. The molecule has 2 heterocycles. The molecular formula is C20H18N2O2. The van der Waals surface area contributed by atoms with Gasteiger partial charge in [0.05, 0.1) is 0 Å². The topological polar surface area (TPSA) is 42.4 Å². The Balaban J connectivity index is 1.50. The van der Waals surface area contributed by atoms with Gasteiger partial charge in [0.25, 0.3) is 0 Å². The predicted molar refractivity (Wildman–Crippen MR) is 91.6 cm³/mol. The lowest BCUT2D eigenvalue weighted by Crippen LogP contribution is -2.46. The van der Waals surface area contributed by atoms with Crippen molar-refractivity contribution < 1.29 is 9.53 Å². The molecular weight excluding hydrogens is 300 g/mol. The van der Waals surface area contributed by atoms with Crippen molar-refractivity contribution in [2.45, 2.75) is 25.4 Å². The Bertz CT molecular complexity index is 790. The third kappa shape index (κ3) is 2.98. The molecule has 1 unspecified atom stereocenters. The van der Waals surface area contributed by atoms with E-state index in [0.717, 1.165) is 30.4 Å². The summed E-state index contributed by atoms with van der Waals surface area (Å²) in [5.41, 5.74) is 1.79. The fraction of sp³-hybridized carbons (Fsp3) is 0.300. The smallest absolute Gasteiger partial charge is 0.415 e. The van der Waals surface area contributed by atoms with Crippen molar-refractivity contribution in [3.63, 3.8) is 0 Å². The minimum atomic E-state index is -0.284. The first-order valence-corrected chi connectivity index (χ1v) is 8.31. The van der Waals surface area contributed by atoms with Crippen molar-refractivity contribution in [1.82, 2.24) is 4.98 Å². The Kier molecular flexibility index (Phi) is 3.92. The number of ether oxygens (including phenoxy) is 1. The van der Waals surface area contributed by atoms with Crippen molar-refractivity contribution in [3.8, 4) is 11.8 Å². The summed E-state index contributed by atoms with van der Waals surface area (Å²) in [6.07, 6.45) is 4.77. The Labute approximate surface area is 141 Å². The van der Waals surface area contributed by atoms with Crippen LogP contribution in [0, 0.1) is 17.8 Å². The van der Waals surface area contributed by atoms with Crippen LogP contribution in [0.1, 0.15) is 30.4 Å². The molecule has 2 aliphatic rings. The molecule has 0 radical (unpaired) electrons. The summed E-state index contributed by atoms with van der Waals surface area (Å²) in [7, 11) is 0. The molecule has 1 amide bonds. The molecule has 1 aromatic heterocycles. The second-order valence-electron chi connectivity index (χ2n) is 6.24. The van der Waals surface area contributed by atoms with E-state index >= 15 is 0 Å². The molecule has 4 nitrogen and oxygen atoms in total. The van der Waals surface area contributed by atoms with E-state index in [-0.39, 0.29) is 12.2 Å². The summed E-state index contributed by atoms with van der Waals surface area (Å²) < 4.78 is 5.53. The van der Waals surface area contributed by atoms with E-state index in [4.69, 9.17) is 4.74 Å². The maximum atomic E-state index is 12.2. The van der Waals surface area contributed by atoms with Crippen molar-refractivity contribution >= 4 is 11.9 Å². The van der Waals surface area contributed by atoms with Crippen LogP contribution >= 0.6 is 0 Å². The number of amides is 1. The molecule has 1 aliphatic carbocycles. The molecule has 4 heteroatoms. The van der Waals surface area contributed by atoms with Crippen molar-refractivity contribution in [2.24, 2.45) is 5.92 Å². The lowest BCUT2D eigenvalue weighted by Gasteiger charge is -2.33. The maximum absolute atomic E-state index is 12.2. The first-order chi connectivity index (χ1) is 11.8. The van der Waals surface area contributed by atoms with Gasteiger partial charge in [0.2, 0.25) is 0 Å². The summed E-state index contributed by atoms with van der Waals surface area (Å²) in [4.78, 5) is 18.2. The highest BCUT2D eigenvalue weighted by Crippen LogP contribution is 2.34. The van der Waals surface area contributed by atoms with Gasteiger partial charge in [0, 0.05) is 29.8 Å². The third-order valence-corrected chi connectivity index (χ3v) is 4.63. The monoisotopic (exact) mass is 318 g/mol. The number of nitrogens with zero attached hydrogens (tertiary/aromatic N) is 2. The van der Waals surface area contributed by atoms with Gasteiger partial charge >= 0.3 is 6.09 Å². The number of pyridine rings is 1. The van der Waals surface area contributed by atoms with Crippen LogP contribution in [0.2, 0.25) is 0 Å². The van der Waals surface area contributed by atoms with E-state index in [1.165, 1.54) is 0 Å². The second kappa shape index (κ2) is 6.37. The van der Waals surface area contributed by atoms with Gasteiger partial charge in [-0.1, -0.05) is 30.0 Å². The van der Waals surface area contributed by atoms with E-state index < -0.39 is 0 Å². The lowest BCUT2D eigenvalue weighted by atomic mass is 10.0. The number of carbonyl (C=O) groups is 1. The predicted octanol–water partition coefficient (Wildman–Crippen LogP) is 3.61. The van der Waals surface area contributed by atoms with E-state index in [2.05, 4.69) is 16.8 Å². The van der Waals surface area contributed by atoms with Crippen LogP contribution < -0.4 is 4.90 Å². The Morgan fingerprint density at radius 1 is 1.04 bits per heavy atom. The summed E-state index contributed by atoms with van der Waals surface area (Å²) in [5.74, 6) is 7.26. The van der Waals surface area contributed by atoms with Gasteiger partial charge in [-0.2, -0.15) is 0 Å². The zero-order valence-corrected chi connectivity index (χ0v) is 13.3. The van der Waals surface area contributed by atoms with Crippen LogP contribution in [0.5, 0.6) is 0 Å². The summed E-state index contributed by atoms with van der Waals surface area (Å²) in [6.45, 7) is 0.700. The number of anilines is 1. The molecule has 1 aliphatic heterocycles.